The van der Waals surface area contributed by atoms with Crippen LogP contribution in [0.4, 0.5) is 0 Å². The number of amides is 1. The van der Waals surface area contributed by atoms with Gasteiger partial charge >= 0.3 is 0 Å². The summed E-state index contributed by atoms with van der Waals surface area (Å²) in [5.41, 5.74) is 2.67. The van der Waals surface area contributed by atoms with Crippen LogP contribution in [0.2, 0.25) is 0 Å². The van der Waals surface area contributed by atoms with Gasteiger partial charge in [0.2, 0.25) is 5.91 Å². The van der Waals surface area contributed by atoms with Crippen molar-refractivity contribution in [2.45, 2.75) is 45.7 Å². The third kappa shape index (κ3) is 7.62. The van der Waals surface area contributed by atoms with Gasteiger partial charge in [-0.05, 0) is 20.3 Å². The molecular formula is C11H24N2O3. The summed E-state index contributed by atoms with van der Waals surface area (Å²) in [4.78, 5) is 16.7. The van der Waals surface area contributed by atoms with E-state index in [0.29, 0.717) is 13.2 Å². The highest BCUT2D eigenvalue weighted by Crippen LogP contribution is 1.95. The van der Waals surface area contributed by atoms with Crippen molar-refractivity contribution in [3.63, 3.8) is 0 Å². The molecule has 0 bridgehead atoms. The number of hydrogen-bond donors (Lipinski definition) is 2. The molecule has 16 heavy (non-hydrogen) atoms. The molecular weight excluding hydrogens is 208 g/mol. The number of hydroxylamine groups is 1. The van der Waals surface area contributed by atoms with Crippen molar-refractivity contribution in [1.82, 2.24) is 10.8 Å². The van der Waals surface area contributed by atoms with Crippen LogP contribution in [-0.4, -0.2) is 38.3 Å². The molecule has 0 spiro atoms. The Bertz CT molecular complexity index is 188. The lowest BCUT2D eigenvalue weighted by atomic mass is 10.2. The van der Waals surface area contributed by atoms with E-state index in [2.05, 4.69) is 17.7 Å². The second-order valence-electron chi connectivity index (χ2n) is 3.88. The maximum atomic E-state index is 11.6. The SMILES string of the molecule is CCCC(C)NC(=O)C(C)NOCCOC. The van der Waals surface area contributed by atoms with Crippen molar-refractivity contribution in [3.05, 3.63) is 0 Å². The topological polar surface area (TPSA) is 59.6 Å². The Morgan fingerprint density at radius 3 is 2.56 bits per heavy atom. The summed E-state index contributed by atoms with van der Waals surface area (Å²) in [6.07, 6.45) is 2.05. The monoisotopic (exact) mass is 232 g/mol. The summed E-state index contributed by atoms with van der Waals surface area (Å²) in [5.74, 6) is -0.0432. The summed E-state index contributed by atoms with van der Waals surface area (Å²) in [6.45, 7) is 6.80. The highest BCUT2D eigenvalue weighted by Gasteiger charge is 2.14. The van der Waals surface area contributed by atoms with Crippen molar-refractivity contribution in [2.24, 2.45) is 0 Å². The standard InChI is InChI=1S/C11H24N2O3/c1-5-6-9(2)12-11(14)10(3)13-16-8-7-15-4/h9-10,13H,5-8H2,1-4H3,(H,12,14). The number of carbonyl (C=O) groups excluding carboxylic acids is 1. The summed E-state index contributed by atoms with van der Waals surface area (Å²) >= 11 is 0. The van der Waals surface area contributed by atoms with Gasteiger partial charge in [0, 0.05) is 13.2 Å². The number of hydrogen-bond acceptors (Lipinski definition) is 4. The Kier molecular flexibility index (Phi) is 9.18. The van der Waals surface area contributed by atoms with E-state index >= 15 is 0 Å². The average molecular weight is 232 g/mol. The molecule has 0 rings (SSSR count). The minimum Gasteiger partial charge on any atom is -0.382 e. The van der Waals surface area contributed by atoms with Crippen LogP contribution in [0, 0.1) is 0 Å². The molecule has 0 saturated heterocycles. The van der Waals surface area contributed by atoms with Gasteiger partial charge in [-0.1, -0.05) is 13.3 Å². The normalized spacial score (nSPS) is 14.5. The highest BCUT2D eigenvalue weighted by molar-refractivity contribution is 5.81. The average Bonchev–Trinajstić information content (AvgIpc) is 2.24. The third-order valence-corrected chi connectivity index (χ3v) is 2.15. The fourth-order valence-electron chi connectivity index (χ4n) is 1.24. The van der Waals surface area contributed by atoms with Gasteiger partial charge < -0.3 is 10.1 Å². The van der Waals surface area contributed by atoms with Crippen molar-refractivity contribution in [3.8, 4) is 0 Å². The Morgan fingerprint density at radius 1 is 1.31 bits per heavy atom. The molecule has 0 radical (unpaired) electrons. The van der Waals surface area contributed by atoms with Crippen LogP contribution in [0.3, 0.4) is 0 Å². The maximum absolute atomic E-state index is 11.6. The second-order valence-corrected chi connectivity index (χ2v) is 3.88. The molecule has 2 atom stereocenters. The van der Waals surface area contributed by atoms with Gasteiger partial charge in [-0.15, -0.1) is 0 Å². The molecule has 5 nitrogen and oxygen atoms in total. The summed E-state index contributed by atoms with van der Waals surface area (Å²) in [7, 11) is 1.60. The molecule has 2 N–H and O–H groups in total. The summed E-state index contributed by atoms with van der Waals surface area (Å²) in [5, 5.41) is 2.91. The lowest BCUT2D eigenvalue weighted by Gasteiger charge is -2.17. The Morgan fingerprint density at radius 2 is 2.00 bits per heavy atom. The lowest BCUT2D eigenvalue weighted by molar-refractivity contribution is -0.127. The summed E-state index contributed by atoms with van der Waals surface area (Å²) in [6, 6.07) is -0.142. The molecule has 0 aromatic rings. The first-order valence-corrected chi connectivity index (χ1v) is 5.78. The van der Waals surface area contributed by atoms with Gasteiger partial charge in [0.1, 0.15) is 6.04 Å². The molecule has 0 aliphatic carbocycles. The van der Waals surface area contributed by atoms with Crippen molar-refractivity contribution in [2.75, 3.05) is 20.3 Å². The highest BCUT2D eigenvalue weighted by atomic mass is 16.7. The largest absolute Gasteiger partial charge is 0.382 e. The first-order chi connectivity index (χ1) is 7.61. The van der Waals surface area contributed by atoms with Crippen LogP contribution >= 0.6 is 0 Å². The molecule has 0 heterocycles. The number of ether oxygens (including phenoxy) is 1. The molecule has 0 fully saturated rings. The van der Waals surface area contributed by atoms with Crippen LogP contribution < -0.4 is 10.8 Å². The van der Waals surface area contributed by atoms with Gasteiger partial charge in [-0.3, -0.25) is 9.63 Å². The van der Waals surface area contributed by atoms with Crippen molar-refractivity contribution >= 4 is 5.91 Å². The first kappa shape index (κ1) is 15.3. The van der Waals surface area contributed by atoms with Gasteiger partial charge in [0.05, 0.1) is 13.2 Å². The van der Waals surface area contributed by atoms with E-state index in [0.717, 1.165) is 12.8 Å². The van der Waals surface area contributed by atoms with E-state index in [4.69, 9.17) is 9.57 Å². The van der Waals surface area contributed by atoms with E-state index < -0.39 is 0 Å². The lowest BCUT2D eigenvalue weighted by Crippen LogP contribution is -2.45. The molecule has 1 amide bonds. The van der Waals surface area contributed by atoms with Gasteiger partial charge in [-0.25, -0.2) is 0 Å². The molecule has 0 aliphatic rings. The quantitative estimate of drug-likeness (QED) is 0.457. The van der Waals surface area contributed by atoms with Gasteiger partial charge in [-0.2, -0.15) is 5.48 Å². The smallest absolute Gasteiger partial charge is 0.239 e. The number of rotatable bonds is 9. The molecule has 5 heteroatoms. The Hall–Kier alpha value is -0.650. The molecule has 0 aliphatic heterocycles. The fourth-order valence-corrected chi connectivity index (χ4v) is 1.24. The minimum atomic E-state index is -0.351. The van der Waals surface area contributed by atoms with Crippen molar-refractivity contribution in [1.29, 1.82) is 0 Å². The van der Waals surface area contributed by atoms with E-state index in [1.54, 1.807) is 14.0 Å². The maximum Gasteiger partial charge on any atom is 0.239 e. The van der Waals surface area contributed by atoms with Crippen LogP contribution in [0.1, 0.15) is 33.6 Å². The molecule has 0 aromatic carbocycles. The van der Waals surface area contributed by atoms with E-state index in [1.165, 1.54) is 0 Å². The van der Waals surface area contributed by atoms with Gasteiger partial charge in [0.25, 0.3) is 0 Å². The first-order valence-electron chi connectivity index (χ1n) is 5.78. The van der Waals surface area contributed by atoms with Crippen LogP contribution in [0.15, 0.2) is 0 Å². The zero-order chi connectivity index (χ0) is 12.4. The number of methoxy groups -OCH3 is 1. The van der Waals surface area contributed by atoms with Crippen LogP contribution in [0.5, 0.6) is 0 Å². The van der Waals surface area contributed by atoms with E-state index in [-0.39, 0.29) is 18.0 Å². The third-order valence-electron chi connectivity index (χ3n) is 2.15. The fraction of sp³-hybridized carbons (Fsp3) is 0.909. The van der Waals surface area contributed by atoms with E-state index in [1.807, 2.05) is 6.92 Å². The van der Waals surface area contributed by atoms with Crippen molar-refractivity contribution < 1.29 is 14.4 Å². The molecule has 96 valence electrons. The Labute approximate surface area is 97.8 Å². The molecule has 0 aromatic heterocycles. The van der Waals surface area contributed by atoms with Crippen LogP contribution in [-0.2, 0) is 14.4 Å². The predicted molar refractivity (Wildman–Crippen MR) is 62.9 cm³/mol. The van der Waals surface area contributed by atoms with Gasteiger partial charge in [0.15, 0.2) is 0 Å². The predicted octanol–water partition coefficient (Wildman–Crippen LogP) is 0.847. The summed E-state index contributed by atoms with van der Waals surface area (Å²) < 4.78 is 4.82. The Balaban J connectivity index is 3.64. The number of carbonyl (C=O) groups is 1. The molecule has 2 unspecified atom stereocenters. The zero-order valence-electron chi connectivity index (χ0n) is 10.7. The zero-order valence-corrected chi connectivity index (χ0v) is 10.7. The number of nitrogens with one attached hydrogen (secondary N) is 2. The van der Waals surface area contributed by atoms with E-state index in [9.17, 15) is 4.79 Å². The molecule has 0 saturated carbocycles. The minimum absolute atomic E-state index is 0.0432. The second kappa shape index (κ2) is 9.57. The van der Waals surface area contributed by atoms with Crippen LogP contribution in [0.25, 0.3) is 0 Å².